The molecule has 0 amide bonds. The van der Waals surface area contributed by atoms with E-state index < -0.39 is 41.6 Å². The number of nitrogens with zero attached hydrogens (tertiary/aromatic N) is 1. The van der Waals surface area contributed by atoms with Gasteiger partial charge in [-0.1, -0.05) is 74.9 Å². The van der Waals surface area contributed by atoms with Gasteiger partial charge in [0.15, 0.2) is 5.79 Å². The van der Waals surface area contributed by atoms with Gasteiger partial charge in [0, 0.05) is 25.2 Å². The molecule has 4 heterocycles. The van der Waals surface area contributed by atoms with Gasteiger partial charge in [-0.05, 0) is 62.2 Å². The van der Waals surface area contributed by atoms with Crippen molar-refractivity contribution in [2.75, 3.05) is 13.7 Å². The Balaban J connectivity index is 1.55. The Morgan fingerprint density at radius 3 is 2.67 bits per heavy atom. The molecular weight excluding hydrogens is 586 g/mol. The van der Waals surface area contributed by atoms with E-state index >= 15 is 0 Å². The highest BCUT2D eigenvalue weighted by Crippen LogP contribution is 2.47. The summed E-state index contributed by atoms with van der Waals surface area (Å²) < 4.78 is 26.0. The van der Waals surface area contributed by atoms with Crippen LogP contribution in [0.1, 0.15) is 80.6 Å². The number of aliphatic hydroxyl groups excluding tert-OH is 1. The normalized spacial score (nSPS) is 44.5. The van der Waals surface area contributed by atoms with E-state index in [1.807, 2.05) is 12.2 Å². The number of aliphatic hydroxyl groups is 2. The fourth-order valence-corrected chi connectivity index (χ4v) is 7.94. The highest BCUT2D eigenvalue weighted by Gasteiger charge is 2.60. The lowest BCUT2D eigenvalue weighted by Crippen LogP contribution is -2.59. The van der Waals surface area contributed by atoms with Gasteiger partial charge in [0.25, 0.3) is 0 Å². The zero-order chi connectivity index (χ0) is 33.4. The summed E-state index contributed by atoms with van der Waals surface area (Å²) in [6.07, 6.45) is 11.4. The maximum Gasteiger partial charge on any atom is 0.316 e. The molecule has 0 radical (unpaired) electrons. The first-order valence-electron chi connectivity index (χ1n) is 16.8. The van der Waals surface area contributed by atoms with Crippen molar-refractivity contribution in [3.05, 3.63) is 58.7 Å². The Bertz CT molecular complexity index is 1340. The van der Waals surface area contributed by atoms with E-state index in [2.05, 4.69) is 64.9 Å². The summed E-state index contributed by atoms with van der Waals surface area (Å²) in [6.45, 7) is 14.6. The fourth-order valence-electron chi connectivity index (χ4n) is 7.94. The van der Waals surface area contributed by atoms with E-state index in [1.165, 1.54) is 5.57 Å². The number of rotatable bonds is 3. The van der Waals surface area contributed by atoms with Gasteiger partial charge < -0.3 is 34.0 Å². The third-order valence-electron chi connectivity index (χ3n) is 10.1. The first-order valence-corrected chi connectivity index (χ1v) is 16.8. The SMILES string of the molecule is CO/N=C1/CC2(CC3CC(C/C=C(/C)CC(C)/C=C\C=C4\COC5C(O)C(C)=CC(C(=O)O3)C45O)O2)OC(/C(C)=C/C(C)C)C1C. The summed E-state index contributed by atoms with van der Waals surface area (Å²) in [5.74, 6) is -2.15. The number of hydrogen-bond donors (Lipinski definition) is 2. The van der Waals surface area contributed by atoms with E-state index in [0.29, 0.717) is 42.7 Å². The second-order valence-corrected chi connectivity index (χ2v) is 14.5. The lowest BCUT2D eigenvalue weighted by molar-refractivity contribution is -0.313. The van der Waals surface area contributed by atoms with Crippen LogP contribution in [0.2, 0.25) is 0 Å². The van der Waals surface area contributed by atoms with Crippen molar-refractivity contribution in [2.24, 2.45) is 28.8 Å². The van der Waals surface area contributed by atoms with Crippen LogP contribution in [0, 0.1) is 23.7 Å². The molecule has 2 N–H and O–H groups in total. The average molecular weight is 640 g/mol. The summed E-state index contributed by atoms with van der Waals surface area (Å²) in [4.78, 5) is 19.4. The number of ether oxygens (including phenoxy) is 4. The number of fused-ring (bicyclic) bond motifs is 2. The van der Waals surface area contributed by atoms with Crippen molar-refractivity contribution in [1.82, 2.24) is 0 Å². The lowest BCUT2D eigenvalue weighted by atomic mass is 9.71. The molecule has 0 aromatic heterocycles. The molecule has 5 rings (SSSR count). The van der Waals surface area contributed by atoms with E-state index in [9.17, 15) is 15.0 Å². The second kappa shape index (κ2) is 13.9. The Labute approximate surface area is 274 Å². The van der Waals surface area contributed by atoms with Gasteiger partial charge in [0.2, 0.25) is 0 Å². The van der Waals surface area contributed by atoms with Crippen LogP contribution in [-0.2, 0) is 28.6 Å². The van der Waals surface area contributed by atoms with E-state index in [0.717, 1.165) is 17.7 Å². The first kappa shape index (κ1) is 34.8. The third kappa shape index (κ3) is 6.99. The predicted molar refractivity (Wildman–Crippen MR) is 176 cm³/mol. The van der Waals surface area contributed by atoms with E-state index in [-0.39, 0.29) is 30.7 Å². The highest BCUT2D eigenvalue weighted by atomic mass is 16.7. The van der Waals surface area contributed by atoms with Gasteiger partial charge in [0.1, 0.15) is 36.9 Å². The minimum Gasteiger partial charge on any atom is -0.462 e. The molecule has 5 aliphatic rings. The Morgan fingerprint density at radius 2 is 1.96 bits per heavy atom. The number of hydrogen-bond acceptors (Lipinski definition) is 9. The predicted octanol–water partition coefficient (Wildman–Crippen LogP) is 5.73. The van der Waals surface area contributed by atoms with Crippen LogP contribution < -0.4 is 0 Å². The number of esters is 1. The molecule has 0 saturated carbocycles. The fraction of sp³-hybridized carbons (Fsp3) is 0.676. The molecule has 254 valence electrons. The van der Waals surface area contributed by atoms with Crippen molar-refractivity contribution in [3.63, 3.8) is 0 Å². The van der Waals surface area contributed by atoms with Crippen LogP contribution in [-0.4, -0.2) is 77.5 Å². The van der Waals surface area contributed by atoms with Gasteiger partial charge in [-0.25, -0.2) is 0 Å². The van der Waals surface area contributed by atoms with Crippen molar-refractivity contribution in [1.29, 1.82) is 0 Å². The number of allylic oxidation sites excluding steroid dienone is 5. The molecule has 9 heteroatoms. The summed E-state index contributed by atoms with van der Waals surface area (Å²) in [7, 11) is 1.55. The lowest BCUT2D eigenvalue weighted by Gasteiger charge is -2.50. The minimum absolute atomic E-state index is 0.0340. The highest BCUT2D eigenvalue weighted by molar-refractivity contribution is 5.88. The van der Waals surface area contributed by atoms with Gasteiger partial charge >= 0.3 is 5.97 Å². The molecule has 0 aromatic rings. The molecule has 9 nitrogen and oxygen atoms in total. The van der Waals surface area contributed by atoms with Crippen LogP contribution in [0.3, 0.4) is 0 Å². The molecule has 3 saturated heterocycles. The Hall–Kier alpha value is -2.56. The summed E-state index contributed by atoms with van der Waals surface area (Å²) >= 11 is 0. The molecule has 46 heavy (non-hydrogen) atoms. The molecule has 0 aromatic carbocycles. The Kier molecular flexibility index (Phi) is 10.5. The quantitative estimate of drug-likeness (QED) is 0.229. The smallest absolute Gasteiger partial charge is 0.316 e. The largest absolute Gasteiger partial charge is 0.462 e. The molecule has 3 fully saturated rings. The van der Waals surface area contributed by atoms with E-state index in [1.54, 1.807) is 20.1 Å². The zero-order valence-corrected chi connectivity index (χ0v) is 28.7. The summed E-state index contributed by atoms with van der Waals surface area (Å²) in [5, 5.41) is 27.6. The number of carbonyl (C=O) groups excluding carboxylic acids is 1. The van der Waals surface area contributed by atoms with Crippen LogP contribution in [0.25, 0.3) is 0 Å². The van der Waals surface area contributed by atoms with Crippen molar-refractivity contribution >= 4 is 11.7 Å². The van der Waals surface area contributed by atoms with Gasteiger partial charge in [-0.2, -0.15) is 0 Å². The minimum atomic E-state index is -1.74. The molecular formula is C37H53NO8. The number of carbonyl (C=O) groups is 1. The molecule has 4 aliphatic heterocycles. The average Bonchev–Trinajstić information content (AvgIpc) is 3.31. The molecule has 10 atom stereocenters. The number of oxime groups is 1. The van der Waals surface area contributed by atoms with Gasteiger partial charge in [-0.15, -0.1) is 0 Å². The zero-order valence-electron chi connectivity index (χ0n) is 28.7. The Morgan fingerprint density at radius 1 is 1.20 bits per heavy atom. The topological polar surface area (TPSA) is 116 Å². The molecule has 2 bridgehead atoms. The van der Waals surface area contributed by atoms with Crippen LogP contribution in [0.4, 0.5) is 0 Å². The monoisotopic (exact) mass is 639 g/mol. The maximum absolute atomic E-state index is 14.2. The molecule has 1 spiro atoms. The maximum atomic E-state index is 14.2. The van der Waals surface area contributed by atoms with Gasteiger partial charge in [0.05, 0.1) is 24.5 Å². The van der Waals surface area contributed by atoms with Crippen LogP contribution >= 0.6 is 0 Å². The van der Waals surface area contributed by atoms with Gasteiger partial charge in [-0.3, -0.25) is 4.79 Å². The van der Waals surface area contributed by atoms with Crippen LogP contribution in [0.5, 0.6) is 0 Å². The van der Waals surface area contributed by atoms with E-state index in [4.69, 9.17) is 23.8 Å². The van der Waals surface area contributed by atoms with Crippen molar-refractivity contribution in [3.8, 4) is 0 Å². The second-order valence-electron chi connectivity index (χ2n) is 14.5. The first-order chi connectivity index (χ1) is 21.8. The van der Waals surface area contributed by atoms with Crippen LogP contribution in [0.15, 0.2) is 63.9 Å². The van der Waals surface area contributed by atoms with Crippen molar-refractivity contribution < 1.29 is 38.8 Å². The summed E-state index contributed by atoms with van der Waals surface area (Å²) in [6, 6.07) is 0. The standard InChI is InChI=1S/C37H53NO8/c1-21(2)14-25(6)33-26(7)31(38-42-8)19-36(46-33)18-29-17-28(45-36)13-12-23(4)15-22(3)10-9-11-27-20-43-34-32(39)24(5)16-30(35(40)44-29)37(27,34)41/h9-12,14,16,21-22,26,28-30,32-34,39,41H,13,15,17-20H2,1-8H3/b10-9-,23-12-,25-14+,27-11-,38-31-. The molecule has 10 unspecified atom stereocenters. The van der Waals surface area contributed by atoms with Crippen molar-refractivity contribution in [2.45, 2.75) is 122 Å². The molecule has 1 aliphatic carbocycles. The summed E-state index contributed by atoms with van der Waals surface area (Å²) in [5.41, 5.74) is 2.54. The third-order valence-corrected chi connectivity index (χ3v) is 10.1.